The second-order valence-electron chi connectivity index (χ2n) is 19.9. The van der Waals surface area contributed by atoms with Crippen LogP contribution in [0.5, 0.6) is 11.5 Å². The minimum atomic E-state index is -5.68. The molecule has 0 saturated carbocycles. The van der Waals surface area contributed by atoms with Crippen LogP contribution in [0.25, 0.3) is 16.6 Å². The van der Waals surface area contributed by atoms with Crippen LogP contribution < -0.4 is 35.8 Å². The number of carbonyl (C=O) groups excluding carboxylic acids is 2. The second kappa shape index (κ2) is 20.9. The largest absolute Gasteiger partial charge is 0.490 e. The highest BCUT2D eigenvalue weighted by Crippen LogP contribution is 2.66. The molecule has 5 aromatic rings. The van der Waals surface area contributed by atoms with Gasteiger partial charge in [-0.2, -0.15) is 8.62 Å². The third kappa shape index (κ3) is 10.5. The number of carbonyl (C=O) groups is 2. The topological polar surface area (TPSA) is 291 Å². The Balaban J connectivity index is 0.759. The molecule has 1 fully saturated rings. The fourth-order valence-electron chi connectivity index (χ4n) is 11.8. The van der Waals surface area contributed by atoms with Crippen molar-refractivity contribution in [3.05, 3.63) is 104 Å². The van der Waals surface area contributed by atoms with Crippen molar-refractivity contribution in [1.29, 1.82) is 0 Å². The Labute approximate surface area is 437 Å². The first-order valence-corrected chi connectivity index (χ1v) is 30.0. The summed E-state index contributed by atoms with van der Waals surface area (Å²) in [5, 5.41) is 5.67. The molecule has 6 aliphatic rings. The molecule has 2 amide bonds. The zero-order valence-electron chi connectivity index (χ0n) is 41.7. The van der Waals surface area contributed by atoms with E-state index in [2.05, 4.69) is 63.4 Å². The summed E-state index contributed by atoms with van der Waals surface area (Å²) in [5.41, 5.74) is 17.3. The van der Waals surface area contributed by atoms with Crippen molar-refractivity contribution in [2.75, 3.05) is 63.6 Å². The smallest absolute Gasteiger partial charge is 0.455 e. The van der Waals surface area contributed by atoms with E-state index >= 15 is 0 Å². The standard InChI is InChI=1S/C51H57N8O14P3/c1-56(21-9-17-41(60)53-20-4-10-33-28-59(50-43(33)49(52)54-30-55-50)42-19-18-34(70-42)29-69-75(65,66)73-76(67,68)72-74(62,63)64)51(61)36-14-3-2-13-35(36)44-39-26-31-11-5-22-57-24-7-15-37(45(31)57)47(39)71-48-38-16-8-25-58-23-6-12-32(46(38)58)27-40(44)48/h2-3,13-14,26-28,30,34,42H,5-9,11-12,15-25,29H2,1H3,(H6-,52,53,54,55,60,62,63,64,65,66,67,68)/p+1/t34-,42+/m0/s1. The number of nitrogens with two attached hydrogens (primary N) is 1. The van der Waals surface area contributed by atoms with Crippen LogP contribution in [-0.4, -0.2) is 110 Å². The number of phosphoric acid groups is 3. The van der Waals surface area contributed by atoms with Crippen molar-refractivity contribution in [3.8, 4) is 23.3 Å². The molecule has 11 rings (SSSR count). The average Bonchev–Trinajstić information content (AvgIpc) is 4.09. The van der Waals surface area contributed by atoms with Gasteiger partial charge in [-0.3, -0.25) is 14.1 Å². The van der Waals surface area contributed by atoms with E-state index in [-0.39, 0.29) is 37.0 Å². The fraction of sp³-hybridized carbons (Fsp3) is 0.431. The first kappa shape index (κ1) is 52.3. The van der Waals surface area contributed by atoms with E-state index in [0.717, 1.165) is 111 Å². The van der Waals surface area contributed by atoms with E-state index in [0.29, 0.717) is 41.5 Å². The molecule has 6 aliphatic heterocycles. The zero-order chi connectivity index (χ0) is 53.1. The van der Waals surface area contributed by atoms with Crippen LogP contribution in [0.3, 0.4) is 0 Å². The number of rotatable bonds is 15. The van der Waals surface area contributed by atoms with Crippen LogP contribution in [0.2, 0.25) is 0 Å². The molecule has 400 valence electrons. The van der Waals surface area contributed by atoms with Crippen molar-refractivity contribution in [1.82, 2.24) is 29.3 Å². The van der Waals surface area contributed by atoms with Gasteiger partial charge in [0.1, 0.15) is 48.6 Å². The molecule has 8 heterocycles. The van der Waals surface area contributed by atoms with Gasteiger partial charge in [0.05, 0.1) is 35.8 Å². The molecule has 25 heteroatoms. The van der Waals surface area contributed by atoms with E-state index in [1.165, 1.54) is 39.6 Å². The monoisotopic (exact) mass is 1100 g/mol. The maximum atomic E-state index is 14.7. The van der Waals surface area contributed by atoms with Crippen LogP contribution in [-0.2, 0) is 62.1 Å². The Bertz CT molecular complexity index is 3570. The number of hydrogen-bond acceptors (Lipinski definition) is 14. The van der Waals surface area contributed by atoms with E-state index in [9.17, 15) is 33.1 Å². The minimum Gasteiger partial charge on any atom is -0.455 e. The number of hydrogen-bond donors (Lipinski definition) is 6. The van der Waals surface area contributed by atoms with Crippen LogP contribution in [0.1, 0.15) is 107 Å². The minimum absolute atomic E-state index is 0.00102. The Morgan fingerprint density at radius 2 is 1.68 bits per heavy atom. The van der Waals surface area contributed by atoms with E-state index in [1.54, 1.807) is 22.7 Å². The number of anilines is 2. The van der Waals surface area contributed by atoms with Crippen molar-refractivity contribution >= 4 is 63.4 Å². The number of nitrogens with one attached hydrogen (secondary N) is 1. The number of amides is 2. The van der Waals surface area contributed by atoms with Crippen LogP contribution in [0.15, 0.2) is 48.9 Å². The van der Waals surface area contributed by atoms with Gasteiger partial charge in [0, 0.05) is 90.9 Å². The Hall–Kier alpha value is -5.78. The fourth-order valence-corrected chi connectivity index (χ4v) is 14.8. The lowest BCUT2D eigenvalue weighted by atomic mass is 9.81. The predicted molar refractivity (Wildman–Crippen MR) is 278 cm³/mol. The SMILES string of the molecule is CN(CCCC(=O)NCC#Cc1cn([C@H]2CC[C@@H](COP(=O)(O)OP(=O)(O)OP(=O)(O)O)O2)c2ncnc(N)c12)C(=O)c1ccccc1C1=c2cc3c4c(c2Oc2c1cc1c5c2CCCN5CCC1)CCC[N+]=4CCC3. The van der Waals surface area contributed by atoms with Crippen molar-refractivity contribution in [2.45, 2.75) is 89.4 Å². The molecule has 4 atom stereocenters. The Kier molecular flexibility index (Phi) is 14.4. The van der Waals surface area contributed by atoms with Crippen molar-refractivity contribution in [2.24, 2.45) is 0 Å². The van der Waals surface area contributed by atoms with Gasteiger partial charge in [0.2, 0.25) is 11.3 Å². The van der Waals surface area contributed by atoms with Gasteiger partial charge in [0.25, 0.3) is 5.91 Å². The summed E-state index contributed by atoms with van der Waals surface area (Å²) >= 11 is 0. The Morgan fingerprint density at radius 1 is 0.921 bits per heavy atom. The average molecular weight is 1100 g/mol. The zero-order valence-corrected chi connectivity index (χ0v) is 44.4. The summed E-state index contributed by atoms with van der Waals surface area (Å²) in [6.07, 6.45) is 10.8. The van der Waals surface area contributed by atoms with Gasteiger partial charge in [-0.05, 0) is 87.1 Å². The number of phosphoric ester groups is 1. The molecule has 0 radical (unpaired) electrons. The lowest BCUT2D eigenvalue weighted by Gasteiger charge is -2.39. The third-order valence-electron chi connectivity index (χ3n) is 14.8. The van der Waals surface area contributed by atoms with Crippen LogP contribution >= 0.6 is 23.5 Å². The van der Waals surface area contributed by atoms with Gasteiger partial charge >= 0.3 is 23.5 Å². The highest BCUT2D eigenvalue weighted by atomic mass is 31.3. The summed E-state index contributed by atoms with van der Waals surface area (Å²) < 4.78 is 64.7. The molecule has 0 aliphatic carbocycles. The molecule has 7 N–H and O–H groups in total. The second-order valence-corrected chi connectivity index (χ2v) is 24.3. The number of aromatic nitrogens is 3. The van der Waals surface area contributed by atoms with Crippen molar-refractivity contribution in [3.63, 3.8) is 0 Å². The maximum Gasteiger partial charge on any atom is 0.490 e. The van der Waals surface area contributed by atoms with E-state index in [1.807, 2.05) is 18.2 Å². The number of benzene rings is 3. The highest BCUT2D eigenvalue weighted by Gasteiger charge is 2.42. The molecule has 3 aromatic carbocycles. The molecule has 22 nitrogen and oxygen atoms in total. The summed E-state index contributed by atoms with van der Waals surface area (Å²) in [7, 11) is -14.8. The normalized spacial score (nSPS) is 20.0. The maximum absolute atomic E-state index is 14.7. The molecular formula is C51H58N8O14P3+. The molecule has 0 bridgehead atoms. The van der Waals surface area contributed by atoms with Crippen LogP contribution in [0.4, 0.5) is 11.5 Å². The summed E-state index contributed by atoms with van der Waals surface area (Å²) in [6, 6.07) is 12.6. The van der Waals surface area contributed by atoms with Crippen molar-refractivity contribution < 1.29 is 65.5 Å². The molecule has 1 saturated heterocycles. The van der Waals surface area contributed by atoms with Gasteiger partial charge in [0.15, 0.2) is 0 Å². The summed E-state index contributed by atoms with van der Waals surface area (Å²) in [4.78, 5) is 77.4. The molecular weight excluding hydrogens is 1040 g/mol. The third-order valence-corrected chi connectivity index (χ3v) is 18.6. The van der Waals surface area contributed by atoms with E-state index < -0.39 is 42.4 Å². The van der Waals surface area contributed by atoms with Gasteiger partial charge in [-0.15, -0.1) is 0 Å². The number of aryl methyl sites for hydroxylation is 2. The van der Waals surface area contributed by atoms with Crippen LogP contribution in [0, 0.1) is 11.8 Å². The molecule has 76 heavy (non-hydrogen) atoms. The summed E-state index contributed by atoms with van der Waals surface area (Å²) in [6.45, 7) is 3.94. The lowest BCUT2D eigenvalue weighted by molar-refractivity contribution is -0.121. The lowest BCUT2D eigenvalue weighted by Crippen LogP contribution is -2.45. The summed E-state index contributed by atoms with van der Waals surface area (Å²) in [5.74, 6) is 7.62. The Morgan fingerprint density at radius 3 is 2.50 bits per heavy atom. The first-order chi connectivity index (χ1) is 36.4. The first-order valence-electron chi connectivity index (χ1n) is 25.5. The quantitative estimate of drug-likeness (QED) is 0.0469. The molecule has 2 aromatic heterocycles. The van der Waals surface area contributed by atoms with Gasteiger partial charge in [-0.25, -0.2) is 28.2 Å². The highest BCUT2D eigenvalue weighted by molar-refractivity contribution is 7.66. The van der Waals surface area contributed by atoms with Gasteiger partial charge < -0.3 is 54.5 Å². The number of nitrogens with zero attached hydrogens (tertiary/aromatic N) is 6. The number of nitrogen functional groups attached to an aromatic ring is 1. The van der Waals surface area contributed by atoms with Gasteiger partial charge in [-0.1, -0.05) is 30.0 Å². The predicted octanol–water partition coefficient (Wildman–Crippen LogP) is 4.49. The number of ether oxygens (including phenoxy) is 2. The molecule has 0 spiro atoms. The molecule has 2 unspecified atom stereocenters. The van der Waals surface area contributed by atoms with E-state index in [4.69, 9.17) is 29.5 Å². The number of fused-ring (bicyclic) bond motifs is 5.